The van der Waals surface area contributed by atoms with Crippen molar-refractivity contribution in [3.8, 4) is 11.5 Å². The maximum atomic E-state index is 14.2. The first-order valence-electron chi connectivity index (χ1n) is 10.5. The summed E-state index contributed by atoms with van der Waals surface area (Å²) < 4.78 is 24.7. The molecule has 0 unspecified atom stereocenters. The Bertz CT molecular complexity index is 981. The van der Waals surface area contributed by atoms with E-state index in [1.807, 2.05) is 0 Å². The van der Waals surface area contributed by atoms with Crippen LogP contribution in [0.4, 0.5) is 15.8 Å². The Morgan fingerprint density at radius 2 is 1.87 bits per heavy atom. The third kappa shape index (κ3) is 5.07. The van der Waals surface area contributed by atoms with Gasteiger partial charge in [-0.25, -0.2) is 4.39 Å². The normalized spacial score (nSPS) is 19.5. The van der Waals surface area contributed by atoms with E-state index in [9.17, 15) is 14.0 Å². The van der Waals surface area contributed by atoms with Gasteiger partial charge in [0, 0.05) is 17.3 Å². The van der Waals surface area contributed by atoms with Gasteiger partial charge in [0.05, 0.1) is 12.2 Å². The van der Waals surface area contributed by atoms with E-state index < -0.39 is 5.82 Å². The first kappa shape index (κ1) is 21.0. The molecule has 7 nitrogen and oxygen atoms in total. The zero-order valence-corrected chi connectivity index (χ0v) is 17.4. The predicted molar refractivity (Wildman–Crippen MR) is 115 cm³/mol. The minimum absolute atomic E-state index is 0.0420. The maximum Gasteiger partial charge on any atom is 0.255 e. The lowest BCUT2D eigenvalue weighted by Gasteiger charge is -2.29. The van der Waals surface area contributed by atoms with Gasteiger partial charge in [0.15, 0.2) is 11.5 Å². The van der Waals surface area contributed by atoms with Crippen LogP contribution < -0.4 is 25.4 Å². The highest BCUT2D eigenvalue weighted by atomic mass is 19.1. The molecule has 2 atom stereocenters. The zero-order chi connectivity index (χ0) is 21.8. The van der Waals surface area contributed by atoms with Crippen LogP contribution in [0.15, 0.2) is 36.4 Å². The number of fused-ring (bicyclic) bond motifs is 1. The topological polar surface area (TPSA) is 88.7 Å². The Hall–Kier alpha value is -3.29. The van der Waals surface area contributed by atoms with E-state index in [4.69, 9.17) is 9.47 Å². The molecule has 0 spiro atoms. The fourth-order valence-electron chi connectivity index (χ4n) is 3.94. The predicted octanol–water partition coefficient (Wildman–Crippen LogP) is 3.91. The average molecular weight is 427 g/mol. The summed E-state index contributed by atoms with van der Waals surface area (Å²) in [6.07, 6.45) is 4.39. The minimum atomic E-state index is -0.500. The van der Waals surface area contributed by atoms with Gasteiger partial charge >= 0.3 is 0 Å². The van der Waals surface area contributed by atoms with Crippen molar-refractivity contribution >= 4 is 23.2 Å². The molecule has 4 rings (SSSR count). The average Bonchev–Trinajstić information content (AvgIpc) is 3.23. The maximum absolute atomic E-state index is 14.2. The summed E-state index contributed by atoms with van der Waals surface area (Å²) in [5, 5.41) is 8.59. The molecule has 2 aliphatic rings. The molecular weight excluding hydrogens is 401 g/mol. The number of carbonyl (C=O) groups is 2. The van der Waals surface area contributed by atoms with Crippen molar-refractivity contribution in [2.45, 2.75) is 38.6 Å². The van der Waals surface area contributed by atoms with E-state index in [0.717, 1.165) is 19.3 Å². The first-order valence-corrected chi connectivity index (χ1v) is 10.5. The number of hydrogen-bond acceptors (Lipinski definition) is 5. The van der Waals surface area contributed by atoms with Gasteiger partial charge in [0.25, 0.3) is 5.91 Å². The van der Waals surface area contributed by atoms with Crippen LogP contribution in [0.25, 0.3) is 0 Å². The van der Waals surface area contributed by atoms with Crippen LogP contribution >= 0.6 is 0 Å². The van der Waals surface area contributed by atoms with Crippen LogP contribution in [0.5, 0.6) is 11.5 Å². The van der Waals surface area contributed by atoms with E-state index >= 15 is 0 Å². The zero-order valence-electron chi connectivity index (χ0n) is 17.4. The molecule has 31 heavy (non-hydrogen) atoms. The summed E-state index contributed by atoms with van der Waals surface area (Å²) in [6.45, 7) is 2.23. The summed E-state index contributed by atoms with van der Waals surface area (Å²) in [5.41, 5.74) is 0.951. The van der Waals surface area contributed by atoms with Gasteiger partial charge in [-0.2, -0.15) is 0 Å². The van der Waals surface area contributed by atoms with Crippen molar-refractivity contribution in [3.05, 3.63) is 47.8 Å². The smallest absolute Gasteiger partial charge is 0.255 e. The Morgan fingerprint density at radius 3 is 2.71 bits per heavy atom. The Kier molecular flexibility index (Phi) is 6.25. The van der Waals surface area contributed by atoms with Crippen molar-refractivity contribution in [1.82, 2.24) is 5.32 Å². The van der Waals surface area contributed by atoms with Gasteiger partial charge in [0.1, 0.15) is 5.82 Å². The van der Waals surface area contributed by atoms with Crippen molar-refractivity contribution in [3.63, 3.8) is 0 Å². The second-order valence-corrected chi connectivity index (χ2v) is 8.01. The van der Waals surface area contributed by atoms with E-state index in [0.29, 0.717) is 28.7 Å². The highest BCUT2D eigenvalue weighted by Gasteiger charge is 2.22. The van der Waals surface area contributed by atoms with Gasteiger partial charge in [-0.15, -0.1) is 0 Å². The van der Waals surface area contributed by atoms with Crippen LogP contribution in [0.1, 0.15) is 43.0 Å². The van der Waals surface area contributed by atoms with Crippen molar-refractivity contribution in [2.75, 3.05) is 24.0 Å². The molecule has 0 radical (unpaired) electrons. The molecule has 1 aliphatic carbocycles. The second-order valence-electron chi connectivity index (χ2n) is 8.01. The minimum Gasteiger partial charge on any atom is -0.454 e. The molecule has 0 saturated heterocycles. The highest BCUT2D eigenvalue weighted by Crippen LogP contribution is 2.32. The first-order chi connectivity index (χ1) is 15.0. The van der Waals surface area contributed by atoms with Gasteiger partial charge in [-0.1, -0.05) is 19.8 Å². The van der Waals surface area contributed by atoms with Crippen molar-refractivity contribution in [1.29, 1.82) is 0 Å². The van der Waals surface area contributed by atoms with Crippen LogP contribution in [-0.4, -0.2) is 31.2 Å². The molecule has 0 bridgehead atoms. The third-order valence-electron chi connectivity index (χ3n) is 5.76. The molecule has 2 aromatic rings. The molecule has 1 saturated carbocycles. The molecular formula is C23H26FN3O4. The second kappa shape index (κ2) is 9.24. The summed E-state index contributed by atoms with van der Waals surface area (Å²) in [5.74, 6) is 0.509. The SMILES string of the molecule is C[C@@H]1CCCC[C@@H]1NC(=O)CNc1cc(NC(=O)c2ccc3c(c2)OCO3)ccc1F. The number of carbonyl (C=O) groups excluding carboxylic acids is 2. The Morgan fingerprint density at radius 1 is 1.06 bits per heavy atom. The number of anilines is 2. The van der Waals surface area contributed by atoms with Gasteiger partial charge in [0.2, 0.25) is 12.7 Å². The van der Waals surface area contributed by atoms with Gasteiger partial charge in [-0.3, -0.25) is 9.59 Å². The van der Waals surface area contributed by atoms with E-state index in [1.54, 1.807) is 18.2 Å². The van der Waals surface area contributed by atoms with Crippen molar-refractivity contribution in [2.24, 2.45) is 5.92 Å². The number of amides is 2. The number of nitrogens with one attached hydrogen (secondary N) is 3. The summed E-state index contributed by atoms with van der Waals surface area (Å²) in [4.78, 5) is 24.8. The summed E-state index contributed by atoms with van der Waals surface area (Å²) >= 11 is 0. The third-order valence-corrected chi connectivity index (χ3v) is 5.76. The number of rotatable bonds is 6. The van der Waals surface area contributed by atoms with Crippen LogP contribution in [-0.2, 0) is 4.79 Å². The largest absolute Gasteiger partial charge is 0.454 e. The lowest BCUT2D eigenvalue weighted by atomic mass is 9.86. The molecule has 2 amide bonds. The van der Waals surface area contributed by atoms with Gasteiger partial charge < -0.3 is 25.4 Å². The van der Waals surface area contributed by atoms with Crippen LogP contribution in [0.3, 0.4) is 0 Å². The van der Waals surface area contributed by atoms with E-state index in [-0.39, 0.29) is 36.9 Å². The van der Waals surface area contributed by atoms with Crippen molar-refractivity contribution < 1.29 is 23.5 Å². The molecule has 1 aliphatic heterocycles. The number of benzene rings is 2. The fourth-order valence-corrected chi connectivity index (χ4v) is 3.94. The molecule has 1 fully saturated rings. The molecule has 0 aromatic heterocycles. The standard InChI is InChI=1S/C23H26FN3O4/c1-14-4-2-3-5-18(14)27-22(28)12-25-19-11-16(7-8-17(19)24)26-23(29)15-6-9-20-21(10-15)31-13-30-20/h6-11,14,18,25H,2-5,12-13H2,1H3,(H,26,29)(H,27,28)/t14-,18+/m1/s1. The molecule has 2 aromatic carbocycles. The number of halogens is 1. The summed E-state index contributed by atoms with van der Waals surface area (Å²) in [6, 6.07) is 9.24. The molecule has 1 heterocycles. The number of ether oxygens (including phenoxy) is 2. The Labute approximate surface area is 180 Å². The lowest BCUT2D eigenvalue weighted by molar-refractivity contribution is -0.120. The quantitative estimate of drug-likeness (QED) is 0.651. The lowest BCUT2D eigenvalue weighted by Crippen LogP contribution is -2.43. The van der Waals surface area contributed by atoms with E-state index in [2.05, 4.69) is 22.9 Å². The van der Waals surface area contributed by atoms with Crippen LogP contribution in [0.2, 0.25) is 0 Å². The fraction of sp³-hybridized carbons (Fsp3) is 0.391. The monoisotopic (exact) mass is 427 g/mol. The molecule has 8 heteroatoms. The van der Waals surface area contributed by atoms with E-state index in [1.165, 1.54) is 24.6 Å². The van der Waals surface area contributed by atoms with Gasteiger partial charge in [-0.05, 0) is 55.2 Å². The Balaban J connectivity index is 1.35. The highest BCUT2D eigenvalue weighted by molar-refractivity contribution is 6.05. The summed E-state index contributed by atoms with van der Waals surface area (Å²) in [7, 11) is 0. The molecule has 164 valence electrons. The van der Waals surface area contributed by atoms with Crippen LogP contribution in [0, 0.1) is 11.7 Å². The number of hydrogen-bond donors (Lipinski definition) is 3. The molecule has 3 N–H and O–H groups in total.